The molecule has 1 rings (SSSR count). The van der Waals surface area contributed by atoms with Crippen molar-refractivity contribution in [3.05, 3.63) is 11.6 Å². The summed E-state index contributed by atoms with van der Waals surface area (Å²) in [5.41, 5.74) is 2.07. The van der Waals surface area contributed by atoms with Crippen LogP contribution in [0, 0.1) is 23.2 Å². The molecule has 1 aliphatic carbocycles. The number of allylic oxidation sites excluding steroid dienone is 2. The van der Waals surface area contributed by atoms with E-state index in [9.17, 15) is 0 Å². The highest BCUT2D eigenvalue weighted by Gasteiger charge is 2.27. The number of hydrogen-bond donors (Lipinski definition) is 0. The fourth-order valence-corrected chi connectivity index (χ4v) is 3.22. The summed E-state index contributed by atoms with van der Waals surface area (Å²) in [5, 5.41) is 0. The third-order valence-corrected chi connectivity index (χ3v) is 4.89. The van der Waals surface area contributed by atoms with Crippen molar-refractivity contribution >= 4 is 0 Å². The van der Waals surface area contributed by atoms with Gasteiger partial charge in [-0.1, -0.05) is 77.2 Å². The highest BCUT2D eigenvalue weighted by molar-refractivity contribution is 5.22. The third-order valence-electron chi connectivity index (χ3n) is 4.89. The fraction of sp³-hybridized carbons (Fsp3) is 0.810. The molecule has 0 aromatic carbocycles. The van der Waals surface area contributed by atoms with Gasteiger partial charge in [-0.3, -0.25) is 0 Å². The van der Waals surface area contributed by atoms with Gasteiger partial charge in [0.25, 0.3) is 0 Å². The van der Waals surface area contributed by atoms with E-state index in [1.54, 1.807) is 5.57 Å². The van der Waals surface area contributed by atoms with Gasteiger partial charge >= 0.3 is 0 Å². The first kappa shape index (κ1) is 18.3. The molecule has 0 spiro atoms. The van der Waals surface area contributed by atoms with E-state index in [0.717, 1.165) is 12.3 Å². The predicted molar refractivity (Wildman–Crippen MR) is 95.3 cm³/mol. The van der Waals surface area contributed by atoms with Gasteiger partial charge in [-0.05, 0) is 49.5 Å². The second kappa shape index (κ2) is 10.1. The van der Waals surface area contributed by atoms with E-state index in [-0.39, 0.29) is 0 Å². The molecule has 0 heteroatoms. The summed E-state index contributed by atoms with van der Waals surface area (Å²) in [6.07, 6.45) is 16.7. The lowest BCUT2D eigenvalue weighted by Gasteiger charge is -2.34. The normalized spacial score (nSPS) is 19.0. The van der Waals surface area contributed by atoms with Gasteiger partial charge in [-0.15, -0.1) is 0 Å². The largest absolute Gasteiger partial charge is 0.0985 e. The van der Waals surface area contributed by atoms with Crippen molar-refractivity contribution < 1.29 is 0 Å². The Hall–Kier alpha value is -0.700. The van der Waals surface area contributed by atoms with Crippen LogP contribution in [-0.2, 0) is 0 Å². The van der Waals surface area contributed by atoms with E-state index in [0.29, 0.717) is 5.41 Å². The van der Waals surface area contributed by atoms with Crippen LogP contribution in [-0.4, -0.2) is 0 Å². The minimum atomic E-state index is 0.481. The molecule has 0 heterocycles. The highest BCUT2D eigenvalue weighted by Crippen LogP contribution is 2.39. The Morgan fingerprint density at radius 1 is 1.00 bits per heavy atom. The van der Waals surface area contributed by atoms with Crippen LogP contribution in [0.1, 0.15) is 98.3 Å². The standard InChI is InChI=1S/C21H36/c1-5-6-7-8-9-10-11-12-13-14-19-15-17-20(18-16-19)21(2,3)4/h14,20H,5-11,15-18H2,1-4H3. The molecular weight excluding hydrogens is 252 g/mol. The van der Waals surface area contributed by atoms with E-state index in [4.69, 9.17) is 0 Å². The quantitative estimate of drug-likeness (QED) is 0.368. The Morgan fingerprint density at radius 2 is 1.62 bits per heavy atom. The zero-order chi connectivity index (χ0) is 15.6. The van der Waals surface area contributed by atoms with E-state index in [1.807, 2.05) is 0 Å². The Balaban J connectivity index is 2.14. The van der Waals surface area contributed by atoms with Gasteiger partial charge in [0.05, 0.1) is 0 Å². The first-order valence-electron chi connectivity index (χ1n) is 9.20. The molecule has 0 nitrogen and oxygen atoms in total. The molecule has 0 aromatic heterocycles. The molecule has 21 heavy (non-hydrogen) atoms. The van der Waals surface area contributed by atoms with Crippen LogP contribution in [0.15, 0.2) is 11.6 Å². The molecule has 0 unspecified atom stereocenters. The van der Waals surface area contributed by atoms with Crippen LogP contribution >= 0.6 is 0 Å². The predicted octanol–water partition coefficient (Wildman–Crippen LogP) is 6.90. The number of rotatable bonds is 6. The Morgan fingerprint density at radius 3 is 2.24 bits per heavy atom. The molecule has 0 amide bonds. The van der Waals surface area contributed by atoms with Crippen LogP contribution in [0.2, 0.25) is 0 Å². The van der Waals surface area contributed by atoms with E-state index >= 15 is 0 Å². The highest BCUT2D eigenvalue weighted by atomic mass is 14.3. The van der Waals surface area contributed by atoms with Crippen LogP contribution in [0.25, 0.3) is 0 Å². The maximum absolute atomic E-state index is 3.34. The topological polar surface area (TPSA) is 0 Å². The second-order valence-electron chi connectivity index (χ2n) is 7.78. The Labute approximate surface area is 133 Å². The van der Waals surface area contributed by atoms with Crippen molar-refractivity contribution in [2.75, 3.05) is 0 Å². The zero-order valence-corrected chi connectivity index (χ0v) is 14.9. The average molecular weight is 289 g/mol. The van der Waals surface area contributed by atoms with Crippen molar-refractivity contribution in [2.45, 2.75) is 98.3 Å². The maximum Gasteiger partial charge on any atom is 0.00922 e. The first-order valence-corrected chi connectivity index (χ1v) is 9.20. The first-order chi connectivity index (χ1) is 10.0. The van der Waals surface area contributed by atoms with E-state index in [1.165, 1.54) is 64.2 Å². The monoisotopic (exact) mass is 288 g/mol. The van der Waals surface area contributed by atoms with Crippen molar-refractivity contribution in [3.63, 3.8) is 0 Å². The fourth-order valence-electron chi connectivity index (χ4n) is 3.22. The summed E-state index contributed by atoms with van der Waals surface area (Å²) in [6.45, 7) is 9.42. The molecule has 0 bridgehead atoms. The minimum absolute atomic E-state index is 0.481. The minimum Gasteiger partial charge on any atom is -0.0985 e. The molecule has 0 aromatic rings. The summed E-state index contributed by atoms with van der Waals surface area (Å²) in [7, 11) is 0. The Kier molecular flexibility index (Phi) is 8.82. The van der Waals surface area contributed by atoms with E-state index < -0.39 is 0 Å². The average Bonchev–Trinajstić information content (AvgIpc) is 2.45. The van der Waals surface area contributed by atoms with Gasteiger partial charge in [0.2, 0.25) is 0 Å². The number of unbranched alkanes of at least 4 members (excludes halogenated alkanes) is 6. The summed E-state index contributed by atoms with van der Waals surface area (Å²) in [5.74, 6) is 7.53. The van der Waals surface area contributed by atoms with Crippen molar-refractivity contribution in [1.29, 1.82) is 0 Å². The second-order valence-corrected chi connectivity index (χ2v) is 7.78. The van der Waals surface area contributed by atoms with Gasteiger partial charge in [0.15, 0.2) is 0 Å². The Bertz CT molecular complexity index is 346. The van der Waals surface area contributed by atoms with Gasteiger partial charge in [0.1, 0.15) is 0 Å². The molecule has 1 fully saturated rings. The maximum atomic E-state index is 3.34. The van der Waals surface area contributed by atoms with Gasteiger partial charge in [0, 0.05) is 6.42 Å². The number of hydrogen-bond acceptors (Lipinski definition) is 0. The summed E-state index contributed by atoms with van der Waals surface area (Å²) < 4.78 is 0. The molecule has 0 saturated heterocycles. The van der Waals surface area contributed by atoms with Crippen LogP contribution in [0.4, 0.5) is 0 Å². The van der Waals surface area contributed by atoms with Crippen molar-refractivity contribution in [1.82, 2.24) is 0 Å². The van der Waals surface area contributed by atoms with Crippen LogP contribution in [0.5, 0.6) is 0 Å². The van der Waals surface area contributed by atoms with E-state index in [2.05, 4.69) is 45.6 Å². The molecule has 0 atom stereocenters. The molecular formula is C21H36. The van der Waals surface area contributed by atoms with Crippen molar-refractivity contribution in [2.24, 2.45) is 11.3 Å². The molecule has 0 aliphatic heterocycles. The summed E-state index contributed by atoms with van der Waals surface area (Å²) in [6, 6.07) is 0. The van der Waals surface area contributed by atoms with Gasteiger partial charge in [-0.25, -0.2) is 0 Å². The van der Waals surface area contributed by atoms with Crippen molar-refractivity contribution in [3.8, 4) is 11.8 Å². The van der Waals surface area contributed by atoms with Crippen LogP contribution < -0.4 is 0 Å². The lowest BCUT2D eigenvalue weighted by atomic mass is 9.71. The molecule has 0 radical (unpaired) electrons. The zero-order valence-electron chi connectivity index (χ0n) is 14.9. The van der Waals surface area contributed by atoms with Gasteiger partial charge in [-0.2, -0.15) is 0 Å². The van der Waals surface area contributed by atoms with Gasteiger partial charge < -0.3 is 0 Å². The molecule has 0 N–H and O–H groups in total. The molecule has 1 aliphatic rings. The smallest absolute Gasteiger partial charge is 0.00922 e. The SMILES string of the molecule is CCCCCCCCC#CC=C1CCC(C(C)(C)C)CC1. The molecule has 120 valence electrons. The third kappa shape index (κ3) is 8.35. The van der Waals surface area contributed by atoms with Crippen LogP contribution in [0.3, 0.4) is 0 Å². The lowest BCUT2D eigenvalue weighted by Crippen LogP contribution is -2.23. The molecule has 1 saturated carbocycles. The summed E-state index contributed by atoms with van der Waals surface area (Å²) >= 11 is 0. The summed E-state index contributed by atoms with van der Waals surface area (Å²) in [4.78, 5) is 0. The lowest BCUT2D eigenvalue weighted by molar-refractivity contribution is 0.197.